The van der Waals surface area contributed by atoms with E-state index < -0.39 is 0 Å². The molecule has 5 heteroatoms. The number of aliphatic hydroxyl groups excluding tert-OH is 1. The van der Waals surface area contributed by atoms with Crippen LogP contribution in [-0.4, -0.2) is 34.3 Å². The quantitative estimate of drug-likeness (QED) is 0.761. The van der Waals surface area contributed by atoms with Gasteiger partial charge in [0.05, 0.1) is 24.9 Å². The van der Waals surface area contributed by atoms with Crippen molar-refractivity contribution in [1.29, 1.82) is 0 Å². The molecule has 2 heterocycles. The number of hydrogen-bond acceptors (Lipinski definition) is 5. The molecule has 0 bridgehead atoms. The molecule has 0 aliphatic carbocycles. The number of ether oxygens (including phenoxy) is 1. The van der Waals surface area contributed by atoms with Gasteiger partial charge in [0.1, 0.15) is 0 Å². The third kappa shape index (κ3) is 2.87. The van der Waals surface area contributed by atoms with Gasteiger partial charge in [0.2, 0.25) is 5.95 Å². The number of anilines is 1. The molecular formula is C10H15N3O2. The van der Waals surface area contributed by atoms with Gasteiger partial charge in [-0.25, -0.2) is 9.97 Å². The van der Waals surface area contributed by atoms with Crippen molar-refractivity contribution in [2.75, 3.05) is 18.5 Å². The molecule has 5 nitrogen and oxygen atoms in total. The lowest BCUT2D eigenvalue weighted by molar-refractivity contribution is 0.0874. The molecule has 1 aromatic heterocycles. The lowest BCUT2D eigenvalue weighted by Gasteiger charge is -2.23. The minimum atomic E-state index is -0.0572. The van der Waals surface area contributed by atoms with Crippen LogP contribution in [0.2, 0.25) is 0 Å². The van der Waals surface area contributed by atoms with Crippen LogP contribution in [0, 0.1) is 0 Å². The van der Waals surface area contributed by atoms with Crippen molar-refractivity contribution in [1.82, 2.24) is 9.97 Å². The summed E-state index contributed by atoms with van der Waals surface area (Å²) in [7, 11) is 0. The summed E-state index contributed by atoms with van der Waals surface area (Å²) in [6.07, 6.45) is 3.79. The van der Waals surface area contributed by atoms with Gasteiger partial charge in [0, 0.05) is 12.8 Å². The van der Waals surface area contributed by atoms with Gasteiger partial charge in [0.15, 0.2) is 0 Å². The zero-order chi connectivity index (χ0) is 10.5. The smallest absolute Gasteiger partial charge is 0.223 e. The molecule has 1 fully saturated rings. The average molecular weight is 209 g/mol. The summed E-state index contributed by atoms with van der Waals surface area (Å²) in [5.74, 6) is 0.567. The van der Waals surface area contributed by atoms with Crippen LogP contribution < -0.4 is 5.32 Å². The van der Waals surface area contributed by atoms with Gasteiger partial charge in [-0.1, -0.05) is 0 Å². The normalized spacial score (nSPS) is 21.3. The minimum Gasteiger partial charge on any atom is -0.390 e. The van der Waals surface area contributed by atoms with Crippen molar-refractivity contribution >= 4 is 5.95 Å². The molecule has 1 saturated heterocycles. The summed E-state index contributed by atoms with van der Waals surface area (Å²) in [5, 5.41) is 12.1. The summed E-state index contributed by atoms with van der Waals surface area (Å²) in [6.45, 7) is 1.49. The second-order valence-corrected chi connectivity index (χ2v) is 3.59. The van der Waals surface area contributed by atoms with E-state index in [0.29, 0.717) is 18.2 Å². The Hall–Kier alpha value is -1.20. The van der Waals surface area contributed by atoms with E-state index in [1.54, 1.807) is 12.3 Å². The minimum absolute atomic E-state index is 0.0572. The third-order valence-electron chi connectivity index (χ3n) is 2.37. The molecule has 2 N–H and O–H groups in total. The van der Waals surface area contributed by atoms with Crippen LogP contribution >= 0.6 is 0 Å². The number of hydrogen-bond donors (Lipinski definition) is 2. The fourth-order valence-electron chi connectivity index (χ4n) is 1.59. The highest BCUT2D eigenvalue weighted by Crippen LogP contribution is 2.10. The van der Waals surface area contributed by atoms with Crippen LogP contribution in [-0.2, 0) is 11.3 Å². The van der Waals surface area contributed by atoms with E-state index >= 15 is 0 Å². The summed E-state index contributed by atoms with van der Waals surface area (Å²) in [6, 6.07) is 1.98. The standard InChI is InChI=1S/C10H15N3O2/c14-6-8-3-4-11-10(12-8)13-9-2-1-5-15-7-9/h3-4,9,14H,1-2,5-7H2,(H,11,12,13)/t9-/m0/s1. The number of aromatic nitrogens is 2. The van der Waals surface area contributed by atoms with Gasteiger partial charge >= 0.3 is 0 Å². The number of aliphatic hydroxyl groups is 1. The Morgan fingerprint density at radius 2 is 2.53 bits per heavy atom. The van der Waals surface area contributed by atoms with Gasteiger partial charge in [-0.15, -0.1) is 0 Å². The number of nitrogens with one attached hydrogen (secondary N) is 1. The Morgan fingerprint density at radius 3 is 3.27 bits per heavy atom. The lowest BCUT2D eigenvalue weighted by atomic mass is 10.1. The Morgan fingerprint density at radius 1 is 1.60 bits per heavy atom. The van der Waals surface area contributed by atoms with Gasteiger partial charge < -0.3 is 15.2 Å². The summed E-state index contributed by atoms with van der Waals surface area (Å²) < 4.78 is 5.34. The molecule has 0 amide bonds. The molecule has 1 aliphatic rings. The molecular weight excluding hydrogens is 194 g/mol. The predicted molar refractivity (Wildman–Crippen MR) is 55.4 cm³/mol. The number of nitrogens with zero attached hydrogens (tertiary/aromatic N) is 2. The van der Waals surface area contributed by atoms with Crippen LogP contribution in [0.5, 0.6) is 0 Å². The van der Waals surface area contributed by atoms with E-state index in [2.05, 4.69) is 15.3 Å². The first-order valence-electron chi connectivity index (χ1n) is 5.15. The first kappa shape index (κ1) is 10.3. The maximum atomic E-state index is 8.93. The summed E-state index contributed by atoms with van der Waals surface area (Å²) in [5.41, 5.74) is 0.629. The molecule has 0 unspecified atom stereocenters. The molecule has 1 atom stereocenters. The van der Waals surface area contributed by atoms with Crippen molar-refractivity contribution < 1.29 is 9.84 Å². The molecule has 82 valence electrons. The molecule has 1 aliphatic heterocycles. The van der Waals surface area contributed by atoms with E-state index in [9.17, 15) is 0 Å². The molecule has 0 radical (unpaired) electrons. The third-order valence-corrected chi connectivity index (χ3v) is 2.37. The van der Waals surface area contributed by atoms with Crippen LogP contribution in [0.25, 0.3) is 0 Å². The Balaban J connectivity index is 1.96. The lowest BCUT2D eigenvalue weighted by Crippen LogP contribution is -2.30. The monoisotopic (exact) mass is 209 g/mol. The SMILES string of the molecule is OCc1ccnc(N[C@H]2CCCOC2)n1. The van der Waals surface area contributed by atoms with Crippen LogP contribution in [0.4, 0.5) is 5.95 Å². The molecule has 0 spiro atoms. The molecule has 1 aromatic rings. The van der Waals surface area contributed by atoms with Gasteiger partial charge in [-0.05, 0) is 18.9 Å². The highest BCUT2D eigenvalue weighted by molar-refractivity contribution is 5.26. The average Bonchev–Trinajstić information content (AvgIpc) is 2.31. The topological polar surface area (TPSA) is 67.3 Å². The largest absolute Gasteiger partial charge is 0.390 e. The van der Waals surface area contributed by atoms with Crippen molar-refractivity contribution in [3.8, 4) is 0 Å². The van der Waals surface area contributed by atoms with Crippen molar-refractivity contribution in [3.05, 3.63) is 18.0 Å². The summed E-state index contributed by atoms with van der Waals surface area (Å²) in [4.78, 5) is 8.25. The Labute approximate surface area is 88.5 Å². The molecule has 0 aromatic carbocycles. The second kappa shape index (κ2) is 5.04. The molecule has 0 saturated carbocycles. The Kier molecular flexibility index (Phi) is 3.47. The maximum absolute atomic E-state index is 8.93. The maximum Gasteiger partial charge on any atom is 0.223 e. The van der Waals surface area contributed by atoms with E-state index in [4.69, 9.17) is 9.84 Å². The van der Waals surface area contributed by atoms with E-state index in [1.807, 2.05) is 0 Å². The van der Waals surface area contributed by atoms with Gasteiger partial charge in [0.25, 0.3) is 0 Å². The summed E-state index contributed by atoms with van der Waals surface area (Å²) >= 11 is 0. The van der Waals surface area contributed by atoms with Gasteiger partial charge in [-0.3, -0.25) is 0 Å². The zero-order valence-corrected chi connectivity index (χ0v) is 8.52. The molecule has 2 rings (SSSR count). The van der Waals surface area contributed by atoms with Crippen LogP contribution in [0.15, 0.2) is 12.3 Å². The van der Waals surface area contributed by atoms with Crippen molar-refractivity contribution in [2.24, 2.45) is 0 Å². The fourth-order valence-corrected chi connectivity index (χ4v) is 1.59. The fraction of sp³-hybridized carbons (Fsp3) is 0.600. The first-order valence-corrected chi connectivity index (χ1v) is 5.15. The zero-order valence-electron chi connectivity index (χ0n) is 8.52. The first-order chi connectivity index (χ1) is 7.38. The van der Waals surface area contributed by atoms with E-state index in [1.165, 1.54) is 0 Å². The van der Waals surface area contributed by atoms with Crippen molar-refractivity contribution in [2.45, 2.75) is 25.5 Å². The molecule has 15 heavy (non-hydrogen) atoms. The predicted octanol–water partition coefficient (Wildman–Crippen LogP) is 0.560. The number of rotatable bonds is 3. The van der Waals surface area contributed by atoms with E-state index in [0.717, 1.165) is 19.4 Å². The Bertz CT molecular complexity index is 313. The van der Waals surface area contributed by atoms with Crippen LogP contribution in [0.1, 0.15) is 18.5 Å². The van der Waals surface area contributed by atoms with Crippen LogP contribution in [0.3, 0.4) is 0 Å². The van der Waals surface area contributed by atoms with Gasteiger partial charge in [-0.2, -0.15) is 0 Å². The van der Waals surface area contributed by atoms with Crippen molar-refractivity contribution in [3.63, 3.8) is 0 Å². The highest BCUT2D eigenvalue weighted by atomic mass is 16.5. The van der Waals surface area contributed by atoms with E-state index in [-0.39, 0.29) is 12.6 Å². The highest BCUT2D eigenvalue weighted by Gasteiger charge is 2.14. The second-order valence-electron chi connectivity index (χ2n) is 3.59.